The second-order valence-corrected chi connectivity index (χ2v) is 5.24. The third-order valence-corrected chi connectivity index (χ3v) is 3.42. The Labute approximate surface area is 118 Å². The van der Waals surface area contributed by atoms with Gasteiger partial charge in [0.15, 0.2) is 0 Å². The zero-order valence-corrected chi connectivity index (χ0v) is 11.8. The summed E-state index contributed by atoms with van der Waals surface area (Å²) in [6.07, 6.45) is 1.86. The van der Waals surface area contributed by atoms with Crippen LogP contribution in [0.25, 0.3) is 16.9 Å². The van der Waals surface area contributed by atoms with Crippen LogP contribution in [0.1, 0.15) is 5.56 Å². The predicted octanol–water partition coefficient (Wildman–Crippen LogP) is 4.47. The molecule has 1 aromatic carbocycles. The fraction of sp³-hybridized carbons (Fsp3) is 0.0714. The molecule has 2 aromatic heterocycles. The van der Waals surface area contributed by atoms with E-state index in [-0.39, 0.29) is 0 Å². The van der Waals surface area contributed by atoms with Gasteiger partial charge in [-0.25, -0.2) is 4.98 Å². The number of imidazole rings is 1. The summed E-state index contributed by atoms with van der Waals surface area (Å²) in [5.74, 6) is 0.330. The molecule has 5 heteroatoms. The van der Waals surface area contributed by atoms with Crippen molar-refractivity contribution in [1.29, 1.82) is 0 Å². The summed E-state index contributed by atoms with van der Waals surface area (Å²) in [6.45, 7) is 1.97. The number of nitrogens with zero attached hydrogens (tertiary/aromatic N) is 3. The fourth-order valence-electron chi connectivity index (χ4n) is 2.06. The highest BCUT2D eigenvalue weighted by Gasteiger charge is 2.14. The van der Waals surface area contributed by atoms with Crippen LogP contribution in [-0.4, -0.2) is 9.38 Å². The number of benzene rings is 1. The number of nitroso groups, excluding NO2 is 1. The molecular weight excluding hydrogens is 306 g/mol. The van der Waals surface area contributed by atoms with Crippen molar-refractivity contribution in [3.8, 4) is 11.3 Å². The second kappa shape index (κ2) is 4.59. The molecule has 0 radical (unpaired) electrons. The molecular formula is C14H10BrN3O. The number of halogens is 1. The second-order valence-electron chi connectivity index (χ2n) is 4.32. The van der Waals surface area contributed by atoms with Crippen molar-refractivity contribution in [2.24, 2.45) is 5.18 Å². The molecule has 4 nitrogen and oxygen atoms in total. The Morgan fingerprint density at radius 3 is 2.84 bits per heavy atom. The Morgan fingerprint density at radius 2 is 2.11 bits per heavy atom. The van der Waals surface area contributed by atoms with E-state index in [9.17, 15) is 4.91 Å². The van der Waals surface area contributed by atoms with Crippen molar-refractivity contribution in [2.45, 2.75) is 6.92 Å². The fourth-order valence-corrected chi connectivity index (χ4v) is 2.45. The SMILES string of the molecule is Cc1ccc2nc(-c3cccc(Br)c3)c(N=O)n2c1. The Hall–Kier alpha value is -2.01. The molecule has 0 saturated heterocycles. The zero-order valence-electron chi connectivity index (χ0n) is 10.2. The van der Waals surface area contributed by atoms with Crippen LogP contribution in [0, 0.1) is 11.8 Å². The minimum Gasteiger partial charge on any atom is -0.281 e. The predicted molar refractivity (Wildman–Crippen MR) is 78.5 cm³/mol. The van der Waals surface area contributed by atoms with E-state index >= 15 is 0 Å². The summed E-state index contributed by atoms with van der Waals surface area (Å²) in [5.41, 5.74) is 3.23. The van der Waals surface area contributed by atoms with E-state index in [0.717, 1.165) is 21.2 Å². The largest absolute Gasteiger partial charge is 0.281 e. The highest BCUT2D eigenvalue weighted by molar-refractivity contribution is 9.10. The van der Waals surface area contributed by atoms with Crippen molar-refractivity contribution in [2.75, 3.05) is 0 Å². The summed E-state index contributed by atoms with van der Waals surface area (Å²) in [5, 5.41) is 3.14. The van der Waals surface area contributed by atoms with Gasteiger partial charge >= 0.3 is 0 Å². The maximum atomic E-state index is 11.1. The van der Waals surface area contributed by atoms with Gasteiger partial charge in [0.1, 0.15) is 11.3 Å². The summed E-state index contributed by atoms with van der Waals surface area (Å²) in [6, 6.07) is 11.5. The van der Waals surface area contributed by atoms with E-state index in [2.05, 4.69) is 26.1 Å². The third-order valence-electron chi connectivity index (χ3n) is 2.93. The first-order valence-electron chi connectivity index (χ1n) is 5.77. The van der Waals surface area contributed by atoms with Crippen LogP contribution in [0.2, 0.25) is 0 Å². The Morgan fingerprint density at radius 1 is 1.26 bits per heavy atom. The maximum Gasteiger partial charge on any atom is 0.209 e. The van der Waals surface area contributed by atoms with Gasteiger partial charge in [0.2, 0.25) is 5.82 Å². The average Bonchev–Trinajstić information content (AvgIpc) is 2.76. The number of hydrogen-bond donors (Lipinski definition) is 0. The molecule has 0 aliphatic carbocycles. The normalized spacial score (nSPS) is 10.8. The lowest BCUT2D eigenvalue weighted by atomic mass is 10.1. The van der Waals surface area contributed by atoms with Gasteiger partial charge in [0.05, 0.1) is 0 Å². The van der Waals surface area contributed by atoms with Crippen molar-refractivity contribution >= 4 is 27.4 Å². The van der Waals surface area contributed by atoms with Crippen LogP contribution in [0.3, 0.4) is 0 Å². The highest BCUT2D eigenvalue weighted by Crippen LogP contribution is 2.32. The van der Waals surface area contributed by atoms with E-state index < -0.39 is 0 Å². The maximum absolute atomic E-state index is 11.1. The molecule has 0 unspecified atom stereocenters. The number of rotatable bonds is 2. The highest BCUT2D eigenvalue weighted by atomic mass is 79.9. The zero-order chi connectivity index (χ0) is 13.4. The van der Waals surface area contributed by atoms with Crippen molar-refractivity contribution in [3.63, 3.8) is 0 Å². The minimum absolute atomic E-state index is 0.330. The standard InChI is InChI=1S/C14H10BrN3O/c1-9-5-6-12-16-13(14(17-19)18(12)8-9)10-3-2-4-11(15)7-10/h2-8H,1H3. The minimum atomic E-state index is 0.330. The third kappa shape index (κ3) is 2.06. The van der Waals surface area contributed by atoms with Gasteiger partial charge in [-0.05, 0) is 35.9 Å². The first kappa shape index (κ1) is 12.0. The van der Waals surface area contributed by atoms with Gasteiger partial charge in [-0.2, -0.15) is 0 Å². The van der Waals surface area contributed by atoms with Crippen LogP contribution < -0.4 is 0 Å². The molecule has 0 fully saturated rings. The van der Waals surface area contributed by atoms with Crippen LogP contribution in [0.5, 0.6) is 0 Å². The molecule has 3 rings (SSSR count). The molecule has 0 atom stereocenters. The molecule has 3 aromatic rings. The molecule has 2 heterocycles. The average molecular weight is 316 g/mol. The van der Waals surface area contributed by atoms with Crippen LogP contribution in [-0.2, 0) is 0 Å². The number of aromatic nitrogens is 2. The Balaban J connectivity index is 2.32. The lowest BCUT2D eigenvalue weighted by Gasteiger charge is -1.98. The number of fused-ring (bicyclic) bond motifs is 1. The van der Waals surface area contributed by atoms with Gasteiger partial charge in [0, 0.05) is 16.2 Å². The van der Waals surface area contributed by atoms with E-state index in [4.69, 9.17) is 0 Å². The van der Waals surface area contributed by atoms with E-state index in [1.54, 1.807) is 4.40 Å². The van der Waals surface area contributed by atoms with E-state index in [1.165, 1.54) is 0 Å². The number of hydrogen-bond acceptors (Lipinski definition) is 3. The Bertz CT molecular complexity index is 779. The van der Waals surface area contributed by atoms with Crippen molar-refractivity contribution in [3.05, 3.63) is 57.5 Å². The monoisotopic (exact) mass is 315 g/mol. The van der Waals surface area contributed by atoms with E-state index in [0.29, 0.717) is 11.5 Å². The first-order chi connectivity index (χ1) is 9.19. The quantitative estimate of drug-likeness (QED) is 0.655. The van der Waals surface area contributed by atoms with Gasteiger partial charge in [0.25, 0.3) is 0 Å². The number of aryl methyl sites for hydroxylation is 1. The molecule has 0 aliphatic rings. The van der Waals surface area contributed by atoms with Gasteiger partial charge in [-0.3, -0.25) is 4.40 Å². The van der Waals surface area contributed by atoms with Crippen LogP contribution in [0.4, 0.5) is 5.82 Å². The summed E-state index contributed by atoms with van der Waals surface area (Å²) < 4.78 is 2.66. The molecule has 0 saturated carbocycles. The van der Waals surface area contributed by atoms with Gasteiger partial charge in [-0.1, -0.05) is 34.1 Å². The lowest BCUT2D eigenvalue weighted by molar-refractivity contribution is 1.14. The van der Waals surface area contributed by atoms with Crippen LogP contribution >= 0.6 is 15.9 Å². The topological polar surface area (TPSA) is 46.7 Å². The van der Waals surface area contributed by atoms with Gasteiger partial charge < -0.3 is 0 Å². The Kier molecular flexibility index (Phi) is 2.91. The molecule has 0 bridgehead atoms. The molecule has 19 heavy (non-hydrogen) atoms. The first-order valence-corrected chi connectivity index (χ1v) is 6.56. The van der Waals surface area contributed by atoms with Crippen LogP contribution in [0.15, 0.2) is 52.2 Å². The summed E-state index contributed by atoms with van der Waals surface area (Å²) in [4.78, 5) is 15.6. The molecule has 0 N–H and O–H groups in total. The smallest absolute Gasteiger partial charge is 0.209 e. The lowest BCUT2D eigenvalue weighted by Crippen LogP contribution is -1.84. The van der Waals surface area contributed by atoms with Gasteiger partial charge in [-0.15, -0.1) is 4.91 Å². The molecule has 94 valence electrons. The number of pyridine rings is 1. The molecule has 0 aliphatic heterocycles. The molecule has 0 spiro atoms. The van der Waals surface area contributed by atoms with Crippen molar-refractivity contribution < 1.29 is 0 Å². The van der Waals surface area contributed by atoms with E-state index in [1.807, 2.05) is 49.5 Å². The van der Waals surface area contributed by atoms with Crippen molar-refractivity contribution in [1.82, 2.24) is 9.38 Å². The summed E-state index contributed by atoms with van der Waals surface area (Å²) >= 11 is 3.42. The molecule has 0 amide bonds. The summed E-state index contributed by atoms with van der Waals surface area (Å²) in [7, 11) is 0.